The van der Waals surface area contributed by atoms with E-state index in [0.29, 0.717) is 12.4 Å². The van der Waals surface area contributed by atoms with Gasteiger partial charge in [-0.05, 0) is 6.42 Å². The van der Waals surface area contributed by atoms with Gasteiger partial charge in [0, 0.05) is 44.5 Å². The van der Waals surface area contributed by atoms with Crippen LogP contribution in [0.1, 0.15) is 24.8 Å². The molecule has 0 radical (unpaired) electrons. The number of carbonyl (C=O) groups excluding carboxylic acids is 1. The topological polar surface area (TPSA) is 106 Å². The summed E-state index contributed by atoms with van der Waals surface area (Å²) in [5, 5.41) is 13.0. The zero-order valence-electron chi connectivity index (χ0n) is 17.0. The van der Waals surface area contributed by atoms with Gasteiger partial charge in [0.15, 0.2) is 0 Å². The van der Waals surface area contributed by atoms with Gasteiger partial charge in [-0.3, -0.25) is 10.2 Å². The number of amides is 1. The Morgan fingerprint density at radius 2 is 2.03 bits per heavy atom. The van der Waals surface area contributed by atoms with E-state index in [0.717, 1.165) is 17.3 Å². The average Bonchev–Trinajstić information content (AvgIpc) is 3.06. The second-order valence-corrected chi connectivity index (χ2v) is 7.19. The van der Waals surface area contributed by atoms with E-state index in [1.807, 2.05) is 0 Å². The smallest absolute Gasteiger partial charge is 0.352 e. The molecule has 3 rings (SSSR count). The largest absolute Gasteiger partial charge is 0.419 e. The van der Waals surface area contributed by atoms with Crippen molar-refractivity contribution in [1.29, 1.82) is 5.41 Å². The summed E-state index contributed by atoms with van der Waals surface area (Å²) < 4.78 is 81.5. The van der Waals surface area contributed by atoms with Gasteiger partial charge in [0.2, 0.25) is 5.95 Å². The molecule has 1 aliphatic heterocycles. The first kappa shape index (κ1) is 24.2. The molecule has 1 amide bonds. The third-order valence-electron chi connectivity index (χ3n) is 5.04. The number of rotatable bonds is 7. The van der Waals surface area contributed by atoms with Gasteiger partial charge < -0.3 is 15.6 Å². The van der Waals surface area contributed by atoms with Crippen molar-refractivity contribution in [3.8, 4) is 0 Å². The molecule has 0 bridgehead atoms. The zero-order valence-corrected chi connectivity index (χ0v) is 17.0. The molecule has 1 aliphatic carbocycles. The summed E-state index contributed by atoms with van der Waals surface area (Å²) in [6, 6.07) is -1.72. The molecular formula is C19H19F6N7O. The lowest BCUT2D eigenvalue weighted by molar-refractivity contribution is -0.138. The van der Waals surface area contributed by atoms with Gasteiger partial charge in [-0.2, -0.15) is 18.3 Å². The molecule has 1 fully saturated rings. The van der Waals surface area contributed by atoms with Gasteiger partial charge in [0.25, 0.3) is 11.8 Å². The second kappa shape index (κ2) is 9.58. The summed E-state index contributed by atoms with van der Waals surface area (Å²) in [6.07, 6.45) is -0.748. The van der Waals surface area contributed by atoms with Crippen LogP contribution in [0.4, 0.5) is 32.3 Å². The van der Waals surface area contributed by atoms with Crippen molar-refractivity contribution in [3.05, 3.63) is 41.1 Å². The standard InChI is InChI=1S/C19H19F6N7O/c20-12-2-1-3-13(31-30-6-5-26)15(12)16(33)32-7-4-18(21,22)14(32)10-29-17-27-8-11(9-28-17)19(23,24)25/h3,5-6,8-9,14,26,31H,1-2,4,7,10H2,(H,27,28,29)/b26-5?,30-6-/t14-/m1/s1. The Hall–Kier alpha value is -3.45. The normalized spacial score (nSPS) is 20.7. The van der Waals surface area contributed by atoms with Crippen molar-refractivity contribution in [3.63, 3.8) is 0 Å². The predicted octanol–water partition coefficient (Wildman–Crippen LogP) is 3.27. The van der Waals surface area contributed by atoms with Crippen LogP contribution in [-0.2, 0) is 11.0 Å². The number of nitrogens with one attached hydrogen (secondary N) is 3. The molecule has 0 unspecified atom stereocenters. The molecule has 3 N–H and O–H groups in total. The summed E-state index contributed by atoms with van der Waals surface area (Å²) in [5.74, 6) is -5.43. The Balaban J connectivity index is 1.77. The molecule has 33 heavy (non-hydrogen) atoms. The summed E-state index contributed by atoms with van der Waals surface area (Å²) in [4.78, 5) is 20.8. The average molecular weight is 475 g/mol. The Kier molecular flexibility index (Phi) is 7.03. The quantitative estimate of drug-likeness (QED) is 0.319. The van der Waals surface area contributed by atoms with E-state index >= 15 is 0 Å². The minimum atomic E-state index is -4.65. The van der Waals surface area contributed by atoms with Crippen LogP contribution in [0.5, 0.6) is 0 Å². The summed E-state index contributed by atoms with van der Waals surface area (Å²) in [7, 11) is 0. The third-order valence-corrected chi connectivity index (χ3v) is 5.04. The highest BCUT2D eigenvalue weighted by atomic mass is 19.4. The van der Waals surface area contributed by atoms with E-state index in [-0.39, 0.29) is 31.0 Å². The molecule has 1 aromatic rings. The number of allylic oxidation sites excluding steroid dienone is 2. The van der Waals surface area contributed by atoms with Crippen LogP contribution in [0.2, 0.25) is 0 Å². The monoisotopic (exact) mass is 475 g/mol. The molecule has 14 heteroatoms. The highest BCUT2D eigenvalue weighted by Crippen LogP contribution is 2.37. The maximum absolute atomic E-state index is 14.6. The van der Waals surface area contributed by atoms with Crippen LogP contribution >= 0.6 is 0 Å². The first-order chi connectivity index (χ1) is 15.5. The fourth-order valence-corrected chi connectivity index (χ4v) is 3.41. The second-order valence-electron chi connectivity index (χ2n) is 7.19. The highest BCUT2D eigenvalue weighted by Gasteiger charge is 2.51. The van der Waals surface area contributed by atoms with Crippen molar-refractivity contribution < 1.29 is 31.1 Å². The molecule has 0 aromatic carbocycles. The van der Waals surface area contributed by atoms with Crippen LogP contribution < -0.4 is 10.7 Å². The molecule has 1 aromatic heterocycles. The predicted molar refractivity (Wildman–Crippen MR) is 106 cm³/mol. The Morgan fingerprint density at radius 1 is 1.33 bits per heavy atom. The Bertz CT molecular complexity index is 987. The van der Waals surface area contributed by atoms with Crippen LogP contribution in [0.25, 0.3) is 0 Å². The van der Waals surface area contributed by atoms with Crippen LogP contribution in [0.3, 0.4) is 0 Å². The number of hydrogen-bond donors (Lipinski definition) is 3. The van der Waals surface area contributed by atoms with Gasteiger partial charge in [0.05, 0.1) is 23.0 Å². The molecule has 1 atom stereocenters. The third kappa shape index (κ3) is 5.49. The van der Waals surface area contributed by atoms with Gasteiger partial charge in [-0.1, -0.05) is 6.08 Å². The molecular weight excluding hydrogens is 456 g/mol. The summed E-state index contributed by atoms with van der Waals surface area (Å²) in [5.41, 5.74) is 0.895. The van der Waals surface area contributed by atoms with E-state index in [4.69, 9.17) is 5.41 Å². The van der Waals surface area contributed by atoms with E-state index in [1.165, 1.54) is 6.08 Å². The van der Waals surface area contributed by atoms with Gasteiger partial charge in [-0.15, -0.1) is 0 Å². The summed E-state index contributed by atoms with van der Waals surface area (Å²) >= 11 is 0. The molecule has 2 heterocycles. The van der Waals surface area contributed by atoms with Crippen molar-refractivity contribution >= 4 is 24.3 Å². The Labute approximate surface area is 184 Å². The first-order valence-corrected chi connectivity index (χ1v) is 9.74. The number of likely N-dealkylation sites (tertiary alicyclic amines) is 1. The van der Waals surface area contributed by atoms with Gasteiger partial charge in [0.1, 0.15) is 11.9 Å². The number of nitrogens with zero attached hydrogens (tertiary/aromatic N) is 4. The summed E-state index contributed by atoms with van der Waals surface area (Å²) in [6.45, 7) is -0.933. The number of carbonyl (C=O) groups is 1. The van der Waals surface area contributed by atoms with E-state index in [2.05, 4.69) is 25.8 Å². The number of alkyl halides is 5. The maximum atomic E-state index is 14.6. The zero-order chi connectivity index (χ0) is 24.2. The fraction of sp³-hybridized carbons (Fsp3) is 0.421. The van der Waals surface area contributed by atoms with Crippen LogP contribution in [-0.4, -0.2) is 58.3 Å². The molecule has 2 aliphatic rings. The fourth-order valence-electron chi connectivity index (χ4n) is 3.41. The number of anilines is 1. The van der Waals surface area contributed by atoms with Crippen molar-refractivity contribution in [2.75, 3.05) is 18.4 Å². The van der Waals surface area contributed by atoms with Crippen LogP contribution in [0.15, 0.2) is 40.7 Å². The van der Waals surface area contributed by atoms with E-state index in [1.54, 1.807) is 0 Å². The lowest BCUT2D eigenvalue weighted by Gasteiger charge is -2.30. The number of hydrogen-bond acceptors (Lipinski definition) is 7. The number of hydrazone groups is 1. The van der Waals surface area contributed by atoms with Gasteiger partial charge >= 0.3 is 6.18 Å². The number of aromatic nitrogens is 2. The lowest BCUT2D eigenvalue weighted by atomic mass is 10.0. The molecule has 178 valence electrons. The van der Waals surface area contributed by atoms with Crippen molar-refractivity contribution in [2.24, 2.45) is 5.10 Å². The number of halogens is 6. The van der Waals surface area contributed by atoms with Crippen LogP contribution in [0, 0.1) is 5.41 Å². The molecule has 0 spiro atoms. The van der Waals surface area contributed by atoms with Crippen molar-refractivity contribution in [1.82, 2.24) is 20.3 Å². The molecule has 1 saturated heterocycles. The first-order valence-electron chi connectivity index (χ1n) is 9.74. The minimum absolute atomic E-state index is 0.00477. The highest BCUT2D eigenvalue weighted by molar-refractivity contribution is 6.14. The van der Waals surface area contributed by atoms with E-state index < -0.39 is 54.0 Å². The van der Waals surface area contributed by atoms with Gasteiger partial charge in [-0.25, -0.2) is 23.1 Å². The Morgan fingerprint density at radius 3 is 2.67 bits per heavy atom. The SMILES string of the molecule is N=C/C=N\NC1=CCCC(F)=C1C(=O)N1CCC(F)(F)[C@H]1CNc1ncc(C(F)(F)F)cn1. The minimum Gasteiger partial charge on any atom is -0.352 e. The van der Waals surface area contributed by atoms with Crippen molar-refractivity contribution in [2.45, 2.75) is 37.4 Å². The lowest BCUT2D eigenvalue weighted by Crippen LogP contribution is -2.48. The molecule has 8 nitrogen and oxygen atoms in total. The van der Waals surface area contributed by atoms with E-state index in [9.17, 15) is 31.1 Å². The molecule has 0 saturated carbocycles. The maximum Gasteiger partial charge on any atom is 0.419 e.